The number of nitrogens with zero attached hydrogens (tertiary/aromatic N) is 1. The van der Waals surface area contributed by atoms with Crippen molar-refractivity contribution in [2.45, 2.75) is 20.4 Å². The van der Waals surface area contributed by atoms with E-state index >= 15 is 0 Å². The van der Waals surface area contributed by atoms with E-state index in [1.54, 1.807) is 6.07 Å². The summed E-state index contributed by atoms with van der Waals surface area (Å²) in [7, 11) is 0. The standard InChI is InChI=1S/C24H24N2O3/c1-3-26-20-10-6-5-9-18(20)19-15-17(13-14-21(19)26)25-24(27)16-29-23-12-8-7-11-22(23)28-4-2/h5-15H,3-4,16H2,1-2H3,(H,25,27). The normalized spacial score (nSPS) is 11.0. The maximum atomic E-state index is 12.4. The van der Waals surface area contributed by atoms with Crippen LogP contribution in [-0.4, -0.2) is 23.7 Å². The summed E-state index contributed by atoms with van der Waals surface area (Å²) in [6.07, 6.45) is 0. The molecular weight excluding hydrogens is 364 g/mol. The second kappa shape index (κ2) is 8.27. The number of aromatic nitrogens is 1. The molecule has 0 aliphatic carbocycles. The fraction of sp³-hybridized carbons (Fsp3) is 0.208. The fourth-order valence-electron chi connectivity index (χ4n) is 3.66. The summed E-state index contributed by atoms with van der Waals surface area (Å²) in [5, 5.41) is 5.24. The Labute approximate surface area is 169 Å². The van der Waals surface area contributed by atoms with Crippen molar-refractivity contribution in [3.8, 4) is 11.5 Å². The Kier molecular flexibility index (Phi) is 5.38. The van der Waals surface area contributed by atoms with Gasteiger partial charge in [-0.25, -0.2) is 0 Å². The lowest BCUT2D eigenvalue weighted by Gasteiger charge is -2.12. The second-order valence-electron chi connectivity index (χ2n) is 6.71. The molecule has 0 radical (unpaired) electrons. The van der Waals surface area contributed by atoms with Gasteiger partial charge in [0.25, 0.3) is 5.91 Å². The smallest absolute Gasteiger partial charge is 0.262 e. The van der Waals surface area contributed by atoms with E-state index in [1.165, 1.54) is 10.9 Å². The molecule has 29 heavy (non-hydrogen) atoms. The van der Waals surface area contributed by atoms with Crippen molar-refractivity contribution >= 4 is 33.4 Å². The molecule has 0 spiro atoms. The number of rotatable bonds is 7. The molecule has 0 atom stereocenters. The Morgan fingerprint density at radius 3 is 2.31 bits per heavy atom. The summed E-state index contributed by atoms with van der Waals surface area (Å²) < 4.78 is 13.5. The minimum Gasteiger partial charge on any atom is -0.490 e. The number of hydrogen-bond donors (Lipinski definition) is 1. The van der Waals surface area contributed by atoms with Gasteiger partial charge in [-0.2, -0.15) is 0 Å². The lowest BCUT2D eigenvalue weighted by molar-refractivity contribution is -0.118. The van der Waals surface area contributed by atoms with E-state index in [2.05, 4.69) is 35.0 Å². The van der Waals surface area contributed by atoms with Gasteiger partial charge in [-0.05, 0) is 50.2 Å². The van der Waals surface area contributed by atoms with E-state index < -0.39 is 0 Å². The van der Waals surface area contributed by atoms with Gasteiger partial charge in [0.1, 0.15) is 0 Å². The van der Waals surface area contributed by atoms with Gasteiger partial charge in [0.05, 0.1) is 6.61 Å². The maximum Gasteiger partial charge on any atom is 0.262 e. The summed E-state index contributed by atoms with van der Waals surface area (Å²) in [6.45, 7) is 5.40. The van der Waals surface area contributed by atoms with Gasteiger partial charge >= 0.3 is 0 Å². The lowest BCUT2D eigenvalue weighted by Crippen LogP contribution is -2.20. The number of fused-ring (bicyclic) bond motifs is 3. The first kappa shape index (κ1) is 18.9. The van der Waals surface area contributed by atoms with Crippen molar-refractivity contribution in [1.82, 2.24) is 4.57 Å². The highest BCUT2D eigenvalue weighted by Crippen LogP contribution is 2.31. The third kappa shape index (κ3) is 3.76. The van der Waals surface area contributed by atoms with Gasteiger partial charge in [0, 0.05) is 34.0 Å². The van der Waals surface area contributed by atoms with Crippen LogP contribution in [0.4, 0.5) is 5.69 Å². The molecule has 0 fully saturated rings. The molecule has 4 rings (SSSR count). The molecule has 1 aromatic heterocycles. The number of carbonyl (C=O) groups is 1. The van der Waals surface area contributed by atoms with Gasteiger partial charge in [0.2, 0.25) is 0 Å². The predicted octanol–water partition coefficient (Wildman–Crippen LogP) is 5.23. The van der Waals surface area contributed by atoms with Crippen LogP contribution in [0.15, 0.2) is 66.7 Å². The van der Waals surface area contributed by atoms with Crippen LogP contribution in [-0.2, 0) is 11.3 Å². The molecule has 1 heterocycles. The number of ether oxygens (including phenoxy) is 2. The number of hydrogen-bond acceptors (Lipinski definition) is 3. The van der Waals surface area contributed by atoms with Crippen LogP contribution in [0.5, 0.6) is 11.5 Å². The molecule has 0 saturated heterocycles. The van der Waals surface area contributed by atoms with Gasteiger partial charge in [0.15, 0.2) is 18.1 Å². The number of carbonyl (C=O) groups excluding carboxylic acids is 1. The first-order chi connectivity index (χ1) is 14.2. The SMILES string of the molecule is CCOc1ccccc1OCC(=O)Nc1ccc2c(c1)c1ccccc1n2CC. The third-order valence-electron chi connectivity index (χ3n) is 4.88. The Hall–Kier alpha value is -3.47. The van der Waals surface area contributed by atoms with E-state index in [-0.39, 0.29) is 12.5 Å². The van der Waals surface area contributed by atoms with Crippen molar-refractivity contribution in [3.05, 3.63) is 66.7 Å². The van der Waals surface area contributed by atoms with Crippen molar-refractivity contribution in [1.29, 1.82) is 0 Å². The quantitative estimate of drug-likeness (QED) is 0.472. The lowest BCUT2D eigenvalue weighted by atomic mass is 10.1. The van der Waals surface area contributed by atoms with Crippen LogP contribution >= 0.6 is 0 Å². The van der Waals surface area contributed by atoms with Crippen molar-refractivity contribution in [2.24, 2.45) is 0 Å². The van der Waals surface area contributed by atoms with E-state index in [0.717, 1.165) is 23.1 Å². The van der Waals surface area contributed by atoms with Gasteiger partial charge < -0.3 is 19.4 Å². The molecule has 148 valence electrons. The summed E-state index contributed by atoms with van der Waals surface area (Å²) in [5.74, 6) is 0.984. The molecule has 3 aromatic carbocycles. The largest absolute Gasteiger partial charge is 0.490 e. The van der Waals surface area contributed by atoms with E-state index in [0.29, 0.717) is 18.1 Å². The minimum atomic E-state index is -0.213. The number of anilines is 1. The zero-order valence-corrected chi connectivity index (χ0v) is 16.6. The second-order valence-corrected chi connectivity index (χ2v) is 6.71. The summed E-state index contributed by atoms with van der Waals surface area (Å²) in [4.78, 5) is 12.4. The Morgan fingerprint density at radius 2 is 1.55 bits per heavy atom. The summed E-state index contributed by atoms with van der Waals surface area (Å²) in [5.41, 5.74) is 3.11. The van der Waals surface area contributed by atoms with Crippen molar-refractivity contribution in [2.75, 3.05) is 18.5 Å². The molecular formula is C24H24N2O3. The average molecular weight is 388 g/mol. The highest BCUT2D eigenvalue weighted by molar-refractivity contribution is 6.09. The van der Waals surface area contributed by atoms with Crippen LogP contribution in [0, 0.1) is 0 Å². The molecule has 1 amide bonds. The first-order valence-corrected chi connectivity index (χ1v) is 9.86. The number of amides is 1. The number of benzene rings is 3. The fourth-order valence-corrected chi connectivity index (χ4v) is 3.66. The van der Waals surface area contributed by atoms with E-state index in [9.17, 15) is 4.79 Å². The number of nitrogens with one attached hydrogen (secondary N) is 1. The molecule has 0 saturated carbocycles. The average Bonchev–Trinajstić information content (AvgIpc) is 3.06. The monoisotopic (exact) mass is 388 g/mol. The summed E-state index contributed by atoms with van der Waals surface area (Å²) >= 11 is 0. The Bertz CT molecular complexity index is 1160. The maximum absolute atomic E-state index is 12.4. The van der Waals surface area contributed by atoms with E-state index in [4.69, 9.17) is 9.47 Å². The summed E-state index contributed by atoms with van der Waals surface area (Å²) in [6, 6.07) is 21.7. The molecule has 5 nitrogen and oxygen atoms in total. The van der Waals surface area contributed by atoms with Crippen LogP contribution in [0.1, 0.15) is 13.8 Å². The minimum absolute atomic E-state index is 0.0845. The van der Waals surface area contributed by atoms with Gasteiger partial charge in [-0.1, -0.05) is 30.3 Å². The molecule has 1 N–H and O–H groups in total. The zero-order chi connectivity index (χ0) is 20.2. The Balaban J connectivity index is 1.52. The van der Waals surface area contributed by atoms with Crippen LogP contribution in [0.3, 0.4) is 0 Å². The first-order valence-electron chi connectivity index (χ1n) is 9.86. The van der Waals surface area contributed by atoms with Crippen molar-refractivity contribution in [3.63, 3.8) is 0 Å². The predicted molar refractivity (Wildman–Crippen MR) is 117 cm³/mol. The van der Waals surface area contributed by atoms with Gasteiger partial charge in [-0.3, -0.25) is 4.79 Å². The number of aryl methyl sites for hydroxylation is 1. The highest BCUT2D eigenvalue weighted by atomic mass is 16.5. The van der Waals surface area contributed by atoms with Crippen LogP contribution < -0.4 is 14.8 Å². The van der Waals surface area contributed by atoms with Crippen LogP contribution in [0.25, 0.3) is 21.8 Å². The Morgan fingerprint density at radius 1 is 0.862 bits per heavy atom. The van der Waals surface area contributed by atoms with Crippen molar-refractivity contribution < 1.29 is 14.3 Å². The molecule has 5 heteroatoms. The van der Waals surface area contributed by atoms with Crippen LogP contribution in [0.2, 0.25) is 0 Å². The van der Waals surface area contributed by atoms with E-state index in [1.807, 2.05) is 49.4 Å². The molecule has 0 bridgehead atoms. The molecule has 4 aromatic rings. The topological polar surface area (TPSA) is 52.5 Å². The zero-order valence-electron chi connectivity index (χ0n) is 16.6. The molecule has 0 aliphatic rings. The molecule has 0 aliphatic heterocycles. The highest BCUT2D eigenvalue weighted by Gasteiger charge is 2.12. The number of para-hydroxylation sites is 3. The third-order valence-corrected chi connectivity index (χ3v) is 4.88. The van der Waals surface area contributed by atoms with Gasteiger partial charge in [-0.15, -0.1) is 0 Å². The molecule has 0 unspecified atom stereocenters.